The fourth-order valence-corrected chi connectivity index (χ4v) is 4.47. The van der Waals surface area contributed by atoms with E-state index in [2.05, 4.69) is 65.8 Å². The first-order valence-corrected chi connectivity index (χ1v) is 11.5. The van der Waals surface area contributed by atoms with Crippen LogP contribution in [0.5, 0.6) is 11.5 Å². The van der Waals surface area contributed by atoms with Gasteiger partial charge in [-0.2, -0.15) is 0 Å². The van der Waals surface area contributed by atoms with E-state index in [1.54, 1.807) is 0 Å². The highest BCUT2D eigenvalue weighted by Crippen LogP contribution is 2.42. The molecule has 0 spiro atoms. The molecule has 0 bridgehead atoms. The molecule has 2 N–H and O–H groups in total. The van der Waals surface area contributed by atoms with Crippen molar-refractivity contribution in [2.45, 2.75) is 72.6 Å². The van der Waals surface area contributed by atoms with Crippen molar-refractivity contribution in [1.29, 1.82) is 0 Å². The average Bonchev–Trinajstić information content (AvgIpc) is 2.72. The third kappa shape index (κ3) is 6.02. The second kappa shape index (κ2) is 11.5. The molecule has 2 aromatic carbocycles. The highest BCUT2D eigenvalue weighted by Gasteiger charge is 2.30. The maximum Gasteiger partial charge on any atom is 0.125 e. The van der Waals surface area contributed by atoms with Gasteiger partial charge < -0.3 is 19.7 Å². The molecule has 2 rings (SSSR count). The predicted molar refractivity (Wildman–Crippen MR) is 128 cm³/mol. The van der Waals surface area contributed by atoms with Crippen molar-refractivity contribution < 1.29 is 19.7 Å². The molecule has 0 unspecified atom stereocenters. The van der Waals surface area contributed by atoms with Gasteiger partial charge in [0.15, 0.2) is 0 Å². The molecule has 172 valence electrons. The maximum absolute atomic E-state index is 9.14. The monoisotopic (exact) mass is 428 g/mol. The summed E-state index contributed by atoms with van der Waals surface area (Å²) in [5.41, 5.74) is 6.84. The highest BCUT2D eigenvalue weighted by molar-refractivity contribution is 5.52. The largest absolute Gasteiger partial charge is 0.491 e. The minimum Gasteiger partial charge on any atom is -0.491 e. The van der Waals surface area contributed by atoms with E-state index in [9.17, 15) is 0 Å². The Kier molecular flexibility index (Phi) is 9.39. The van der Waals surface area contributed by atoms with Crippen LogP contribution in [-0.4, -0.2) is 36.6 Å². The Balaban J connectivity index is 2.55. The van der Waals surface area contributed by atoms with Gasteiger partial charge in [0.05, 0.1) is 13.2 Å². The molecule has 0 aliphatic carbocycles. The summed E-state index contributed by atoms with van der Waals surface area (Å²) in [6, 6.07) is 8.97. The lowest BCUT2D eigenvalue weighted by atomic mass is 9.71. The zero-order chi connectivity index (χ0) is 23.0. The standard InChI is InChI=1S/C27H40O4/c1-7-8-9-10-27(6,23-15-19(2)25(20(3)16-23)30-13-11-28)24-17-21(4)26(22(5)18-24)31-14-12-29/h15-18,28-29H,7-14H2,1-6H3. The average molecular weight is 429 g/mol. The van der Waals surface area contributed by atoms with E-state index < -0.39 is 0 Å². The first-order valence-electron chi connectivity index (χ1n) is 11.5. The van der Waals surface area contributed by atoms with Crippen molar-refractivity contribution in [2.24, 2.45) is 0 Å². The van der Waals surface area contributed by atoms with Gasteiger partial charge in [0.25, 0.3) is 0 Å². The van der Waals surface area contributed by atoms with E-state index in [4.69, 9.17) is 19.7 Å². The van der Waals surface area contributed by atoms with Crippen molar-refractivity contribution >= 4 is 0 Å². The number of aliphatic hydroxyl groups is 2. The summed E-state index contributed by atoms with van der Waals surface area (Å²) in [6.07, 6.45) is 4.62. The molecule has 0 fully saturated rings. The van der Waals surface area contributed by atoms with Crippen molar-refractivity contribution in [2.75, 3.05) is 26.4 Å². The first kappa shape index (κ1) is 25.2. The molecular formula is C27H40O4. The number of aryl methyl sites for hydroxylation is 4. The molecule has 0 saturated heterocycles. The van der Waals surface area contributed by atoms with Gasteiger partial charge in [0, 0.05) is 5.41 Å². The number of ether oxygens (including phenoxy) is 2. The Morgan fingerprint density at radius 3 is 1.42 bits per heavy atom. The number of unbranched alkanes of at least 4 members (excludes halogenated alkanes) is 2. The van der Waals surface area contributed by atoms with Crippen molar-refractivity contribution in [1.82, 2.24) is 0 Å². The van der Waals surface area contributed by atoms with Gasteiger partial charge in [-0.1, -0.05) is 57.4 Å². The Labute approximate surface area is 188 Å². The molecule has 0 aromatic heterocycles. The highest BCUT2D eigenvalue weighted by atomic mass is 16.5. The number of benzene rings is 2. The second-order valence-electron chi connectivity index (χ2n) is 8.81. The zero-order valence-corrected chi connectivity index (χ0v) is 20.2. The first-order chi connectivity index (χ1) is 14.8. The SMILES string of the molecule is CCCCCC(C)(c1cc(C)c(OCCO)c(C)c1)c1cc(C)c(OCCO)c(C)c1. The normalized spacial score (nSPS) is 11.6. The van der Waals surface area contributed by atoms with Crippen LogP contribution in [0.2, 0.25) is 0 Å². The zero-order valence-electron chi connectivity index (χ0n) is 20.2. The topological polar surface area (TPSA) is 58.9 Å². The molecule has 0 aliphatic heterocycles. The van der Waals surface area contributed by atoms with Crippen LogP contribution in [0, 0.1) is 27.7 Å². The minimum absolute atomic E-state index is 0.0125. The molecule has 4 heteroatoms. The Hall–Kier alpha value is -2.04. The number of rotatable bonds is 12. The van der Waals surface area contributed by atoms with Crippen molar-refractivity contribution in [3.63, 3.8) is 0 Å². The molecule has 4 nitrogen and oxygen atoms in total. The summed E-state index contributed by atoms with van der Waals surface area (Å²) in [6.45, 7) is 13.5. The second-order valence-corrected chi connectivity index (χ2v) is 8.81. The molecule has 0 radical (unpaired) electrons. The summed E-state index contributed by atoms with van der Waals surface area (Å²) in [4.78, 5) is 0. The van der Waals surface area contributed by atoms with E-state index in [1.165, 1.54) is 24.0 Å². The molecule has 2 aromatic rings. The molecule has 0 heterocycles. The van der Waals surface area contributed by atoms with Crippen LogP contribution in [0.1, 0.15) is 72.9 Å². The minimum atomic E-state index is -0.134. The van der Waals surface area contributed by atoms with Gasteiger partial charge in [-0.25, -0.2) is 0 Å². The molecule has 0 atom stereocenters. The van der Waals surface area contributed by atoms with Crippen LogP contribution in [-0.2, 0) is 5.41 Å². The Morgan fingerprint density at radius 2 is 1.10 bits per heavy atom. The predicted octanol–water partition coefficient (Wildman–Crippen LogP) is 5.55. The summed E-state index contributed by atoms with van der Waals surface area (Å²) >= 11 is 0. The van der Waals surface area contributed by atoms with E-state index >= 15 is 0 Å². The molecule has 0 amide bonds. The lowest BCUT2D eigenvalue weighted by Gasteiger charge is -2.33. The fourth-order valence-electron chi connectivity index (χ4n) is 4.47. The van der Waals surface area contributed by atoms with Crippen LogP contribution in [0.3, 0.4) is 0 Å². The Bertz CT molecular complexity index is 747. The lowest BCUT2D eigenvalue weighted by Crippen LogP contribution is -2.25. The summed E-state index contributed by atoms with van der Waals surface area (Å²) in [5, 5.41) is 18.3. The molecule has 0 aliphatic rings. The molecule has 31 heavy (non-hydrogen) atoms. The van der Waals surface area contributed by atoms with Crippen molar-refractivity contribution in [3.05, 3.63) is 57.6 Å². The number of hydrogen-bond acceptors (Lipinski definition) is 4. The smallest absolute Gasteiger partial charge is 0.125 e. The van der Waals surface area contributed by atoms with Gasteiger partial charge in [0.1, 0.15) is 24.7 Å². The lowest BCUT2D eigenvalue weighted by molar-refractivity contribution is 0.200. The third-order valence-corrected chi connectivity index (χ3v) is 6.15. The van der Waals surface area contributed by atoms with Gasteiger partial charge in [-0.05, 0) is 67.5 Å². The van der Waals surface area contributed by atoms with Crippen LogP contribution in [0.4, 0.5) is 0 Å². The number of aliphatic hydroxyl groups excluding tert-OH is 2. The van der Waals surface area contributed by atoms with Gasteiger partial charge in [-0.3, -0.25) is 0 Å². The number of hydrogen-bond donors (Lipinski definition) is 2. The van der Waals surface area contributed by atoms with Gasteiger partial charge >= 0.3 is 0 Å². The van der Waals surface area contributed by atoms with Crippen LogP contribution in [0.15, 0.2) is 24.3 Å². The molecule has 0 saturated carbocycles. The fraction of sp³-hybridized carbons (Fsp3) is 0.556. The van der Waals surface area contributed by atoms with E-state index in [0.717, 1.165) is 46.6 Å². The third-order valence-electron chi connectivity index (χ3n) is 6.15. The summed E-state index contributed by atoms with van der Waals surface area (Å²) < 4.78 is 11.6. The van der Waals surface area contributed by atoms with E-state index in [0.29, 0.717) is 13.2 Å². The maximum atomic E-state index is 9.14. The van der Waals surface area contributed by atoms with Crippen LogP contribution in [0.25, 0.3) is 0 Å². The summed E-state index contributed by atoms with van der Waals surface area (Å²) in [7, 11) is 0. The molecular weight excluding hydrogens is 388 g/mol. The van der Waals surface area contributed by atoms with Gasteiger partial charge in [-0.15, -0.1) is 0 Å². The van der Waals surface area contributed by atoms with Gasteiger partial charge in [0.2, 0.25) is 0 Å². The summed E-state index contributed by atoms with van der Waals surface area (Å²) in [5.74, 6) is 1.74. The van der Waals surface area contributed by atoms with Crippen LogP contribution >= 0.6 is 0 Å². The van der Waals surface area contributed by atoms with E-state index in [-0.39, 0.29) is 18.6 Å². The van der Waals surface area contributed by atoms with Crippen molar-refractivity contribution in [3.8, 4) is 11.5 Å². The van der Waals surface area contributed by atoms with Crippen LogP contribution < -0.4 is 9.47 Å². The van der Waals surface area contributed by atoms with E-state index in [1.807, 2.05) is 0 Å². The Morgan fingerprint density at radius 1 is 0.710 bits per heavy atom. The quantitative estimate of drug-likeness (QED) is 0.435.